The monoisotopic (exact) mass is 325 g/mol. The largest absolute Gasteiger partial charge is 0.462 e. The molecule has 1 aromatic rings. The molecule has 1 aromatic carbocycles. The molecule has 0 atom stereocenters. The van der Waals surface area contributed by atoms with Gasteiger partial charge >= 0.3 is 0 Å². The molecule has 1 aliphatic heterocycles. The highest BCUT2D eigenvalue weighted by atomic mass is 35.5. The molecule has 0 N–H and O–H groups in total. The molecule has 2 rings (SSSR count). The Bertz CT molecular complexity index is 431. The molecule has 22 heavy (non-hydrogen) atoms. The van der Waals surface area contributed by atoms with E-state index in [1.165, 1.54) is 37.9 Å². The summed E-state index contributed by atoms with van der Waals surface area (Å²) in [4.78, 5) is 12.0. The molecule has 0 aliphatic carbocycles. The Kier molecular flexibility index (Phi) is 7.91. The van der Waals surface area contributed by atoms with Crippen molar-refractivity contribution < 1.29 is 9.53 Å². The number of hydrogen-bond donors (Lipinski definition) is 0. The van der Waals surface area contributed by atoms with Crippen LogP contribution >= 0.6 is 11.6 Å². The van der Waals surface area contributed by atoms with Gasteiger partial charge in [-0.2, -0.15) is 0 Å². The topological polar surface area (TPSA) is 29.5 Å². The van der Waals surface area contributed by atoms with Gasteiger partial charge in [0.2, 0.25) is 0 Å². The van der Waals surface area contributed by atoms with Crippen LogP contribution < -0.4 is 0 Å². The van der Waals surface area contributed by atoms with Crippen LogP contribution in [0.25, 0.3) is 0 Å². The average Bonchev–Trinajstić information content (AvgIpc) is 2.43. The second-order valence-electron chi connectivity index (χ2n) is 6.90. The second-order valence-corrected chi connectivity index (χ2v) is 7.34. The number of rotatable bonds is 3. The molecule has 0 aromatic heterocycles. The Morgan fingerprint density at radius 3 is 2.18 bits per heavy atom. The maximum Gasteiger partial charge on any atom is 0.293 e. The van der Waals surface area contributed by atoms with Crippen molar-refractivity contribution in [2.45, 2.75) is 45.6 Å². The molecule has 1 fully saturated rings. The van der Waals surface area contributed by atoms with Gasteiger partial charge in [-0.3, -0.25) is 4.79 Å². The summed E-state index contributed by atoms with van der Waals surface area (Å²) in [6.45, 7) is 8.42. The molecule has 0 spiro atoms. The Morgan fingerprint density at radius 1 is 1.23 bits per heavy atom. The molecule has 1 heterocycles. The first-order valence-electron chi connectivity index (χ1n) is 7.84. The Balaban J connectivity index is 0.000000295. The number of likely N-dealkylation sites (tertiary alicyclic amines) is 1. The summed E-state index contributed by atoms with van der Waals surface area (Å²) in [5.74, 6) is 0.863. The summed E-state index contributed by atoms with van der Waals surface area (Å²) < 4.78 is 4.55. The van der Waals surface area contributed by atoms with Crippen LogP contribution in [0.2, 0.25) is 5.02 Å². The molecule has 1 saturated heterocycles. The van der Waals surface area contributed by atoms with E-state index in [2.05, 4.69) is 28.8 Å². The molecular weight excluding hydrogens is 298 g/mol. The number of halogens is 1. The van der Waals surface area contributed by atoms with Crippen molar-refractivity contribution in [3.8, 4) is 0 Å². The first-order valence-corrected chi connectivity index (χ1v) is 8.22. The van der Waals surface area contributed by atoms with E-state index in [9.17, 15) is 4.79 Å². The average molecular weight is 326 g/mol. The number of ether oxygens (including phenoxy) is 1. The van der Waals surface area contributed by atoms with Crippen LogP contribution in [-0.2, 0) is 16.0 Å². The second kappa shape index (κ2) is 9.16. The lowest BCUT2D eigenvalue weighted by molar-refractivity contribution is -0.138. The van der Waals surface area contributed by atoms with E-state index in [-0.39, 0.29) is 5.60 Å². The lowest BCUT2D eigenvalue weighted by Crippen LogP contribution is -2.30. The van der Waals surface area contributed by atoms with Crippen LogP contribution in [0.3, 0.4) is 0 Å². The number of benzene rings is 1. The van der Waals surface area contributed by atoms with E-state index in [0.717, 1.165) is 10.9 Å². The molecule has 1 aliphatic rings. The third-order valence-electron chi connectivity index (χ3n) is 3.68. The van der Waals surface area contributed by atoms with Crippen molar-refractivity contribution in [3.63, 3.8) is 0 Å². The molecule has 4 heteroatoms. The van der Waals surface area contributed by atoms with Gasteiger partial charge in [-0.15, -0.1) is 0 Å². The Labute approximate surface area is 139 Å². The molecule has 3 nitrogen and oxygen atoms in total. The normalized spacial score (nSPS) is 16.6. The van der Waals surface area contributed by atoms with Gasteiger partial charge in [-0.1, -0.05) is 23.7 Å². The van der Waals surface area contributed by atoms with Crippen molar-refractivity contribution in [1.82, 2.24) is 4.90 Å². The molecule has 124 valence electrons. The minimum atomic E-state index is -0.318. The maximum absolute atomic E-state index is 9.60. The lowest BCUT2D eigenvalue weighted by Gasteiger charge is -2.28. The summed E-state index contributed by atoms with van der Waals surface area (Å²) >= 11 is 5.87. The van der Waals surface area contributed by atoms with E-state index in [1.807, 2.05) is 32.9 Å². The predicted octanol–water partition coefficient (Wildman–Crippen LogP) is 4.18. The van der Waals surface area contributed by atoms with Crippen molar-refractivity contribution in [1.29, 1.82) is 0 Å². The lowest BCUT2D eigenvalue weighted by atomic mass is 9.90. The molecule has 0 radical (unpaired) electrons. The van der Waals surface area contributed by atoms with E-state index >= 15 is 0 Å². The van der Waals surface area contributed by atoms with Gasteiger partial charge in [-0.05, 0) is 83.8 Å². The van der Waals surface area contributed by atoms with Crippen LogP contribution in [0.4, 0.5) is 0 Å². The van der Waals surface area contributed by atoms with Crippen molar-refractivity contribution in [2.24, 2.45) is 5.92 Å². The SMILES string of the molecule is CC(C)(C)OC=O.CN1CCC(Cc2ccc(Cl)cc2)CC1. The zero-order valence-corrected chi connectivity index (χ0v) is 14.9. The summed E-state index contributed by atoms with van der Waals surface area (Å²) in [5.41, 5.74) is 1.11. The van der Waals surface area contributed by atoms with Gasteiger partial charge in [0.15, 0.2) is 0 Å². The van der Waals surface area contributed by atoms with Crippen LogP contribution in [0.15, 0.2) is 24.3 Å². The fraction of sp³-hybridized carbons (Fsp3) is 0.611. The Morgan fingerprint density at radius 2 is 1.77 bits per heavy atom. The van der Waals surface area contributed by atoms with E-state index in [0.29, 0.717) is 6.47 Å². The van der Waals surface area contributed by atoms with E-state index in [1.54, 1.807) is 0 Å². The minimum absolute atomic E-state index is 0.318. The van der Waals surface area contributed by atoms with Crippen molar-refractivity contribution >= 4 is 18.1 Å². The molecule has 0 unspecified atom stereocenters. The molecular formula is C18H28ClNO2. The number of piperidine rings is 1. The molecule has 0 saturated carbocycles. The third-order valence-corrected chi connectivity index (χ3v) is 3.93. The summed E-state index contributed by atoms with van der Waals surface area (Å²) in [6, 6.07) is 8.29. The van der Waals surface area contributed by atoms with Crippen LogP contribution in [-0.4, -0.2) is 37.1 Å². The van der Waals surface area contributed by atoms with Crippen LogP contribution in [0, 0.1) is 5.92 Å². The fourth-order valence-corrected chi connectivity index (χ4v) is 2.49. The number of nitrogens with zero attached hydrogens (tertiary/aromatic N) is 1. The molecule has 0 amide bonds. The highest BCUT2D eigenvalue weighted by Crippen LogP contribution is 2.21. The van der Waals surface area contributed by atoms with Gasteiger partial charge in [0, 0.05) is 5.02 Å². The van der Waals surface area contributed by atoms with Crippen molar-refractivity contribution in [3.05, 3.63) is 34.9 Å². The number of carbonyl (C=O) groups is 1. The first-order chi connectivity index (χ1) is 10.3. The standard InChI is InChI=1S/C13H18ClN.C5H10O2/c1-15-8-6-12(7-9-15)10-11-2-4-13(14)5-3-11;1-5(2,3)7-4-6/h2-5,12H,6-10H2,1H3;4H,1-3H3. The number of hydrogen-bond acceptors (Lipinski definition) is 3. The van der Waals surface area contributed by atoms with Crippen molar-refractivity contribution in [2.75, 3.05) is 20.1 Å². The maximum atomic E-state index is 9.60. The zero-order chi connectivity index (χ0) is 16.6. The number of carbonyl (C=O) groups excluding carboxylic acids is 1. The van der Waals surface area contributed by atoms with Gasteiger partial charge in [0.1, 0.15) is 5.60 Å². The van der Waals surface area contributed by atoms with Gasteiger partial charge in [-0.25, -0.2) is 0 Å². The Hall–Kier alpha value is -1.06. The van der Waals surface area contributed by atoms with Gasteiger partial charge in [0.25, 0.3) is 6.47 Å². The van der Waals surface area contributed by atoms with Crippen LogP contribution in [0.5, 0.6) is 0 Å². The third kappa shape index (κ3) is 8.40. The fourth-order valence-electron chi connectivity index (χ4n) is 2.36. The quantitative estimate of drug-likeness (QED) is 0.781. The summed E-state index contributed by atoms with van der Waals surface area (Å²) in [7, 11) is 2.21. The summed E-state index contributed by atoms with van der Waals surface area (Å²) in [6.07, 6.45) is 3.88. The first kappa shape index (κ1) is 19.0. The zero-order valence-electron chi connectivity index (χ0n) is 14.1. The minimum Gasteiger partial charge on any atom is -0.462 e. The molecule has 0 bridgehead atoms. The highest BCUT2D eigenvalue weighted by molar-refractivity contribution is 6.30. The summed E-state index contributed by atoms with van der Waals surface area (Å²) in [5, 5.41) is 0.835. The van der Waals surface area contributed by atoms with Gasteiger partial charge in [0.05, 0.1) is 0 Å². The highest BCUT2D eigenvalue weighted by Gasteiger charge is 2.16. The smallest absolute Gasteiger partial charge is 0.293 e. The van der Waals surface area contributed by atoms with E-state index in [4.69, 9.17) is 11.6 Å². The van der Waals surface area contributed by atoms with Crippen LogP contribution in [0.1, 0.15) is 39.2 Å². The predicted molar refractivity (Wildman–Crippen MR) is 92.3 cm³/mol. The van der Waals surface area contributed by atoms with E-state index < -0.39 is 0 Å². The van der Waals surface area contributed by atoms with Gasteiger partial charge < -0.3 is 9.64 Å².